The smallest absolute Gasteiger partial charge is 0.230 e. The van der Waals surface area contributed by atoms with E-state index in [0.29, 0.717) is 5.76 Å². The highest BCUT2D eigenvalue weighted by Gasteiger charge is 2.29. The number of rotatable bonds is 5. The minimum Gasteiger partial charge on any atom is -0.392 e. The summed E-state index contributed by atoms with van der Waals surface area (Å²) in [4.78, 5) is 18.9. The minimum atomic E-state index is -0.294. The van der Waals surface area contributed by atoms with Crippen LogP contribution >= 0.6 is 0 Å². The van der Waals surface area contributed by atoms with E-state index in [-0.39, 0.29) is 24.3 Å². The number of aliphatic hydroxyl groups is 1. The number of hydrogen-bond donors (Lipinski definition) is 1. The zero-order valence-corrected chi connectivity index (χ0v) is 15.4. The van der Waals surface area contributed by atoms with Gasteiger partial charge in [0.25, 0.3) is 0 Å². The zero-order valence-electron chi connectivity index (χ0n) is 15.4. The van der Waals surface area contributed by atoms with E-state index >= 15 is 0 Å². The molecule has 1 aromatic rings. The molecule has 1 aromatic heterocycles. The number of carbonyl (C=O) groups is 1. The van der Waals surface area contributed by atoms with Crippen molar-refractivity contribution in [2.45, 2.75) is 32.3 Å². The number of piperidine rings is 1. The average molecular weight is 350 g/mol. The molecule has 0 aromatic carbocycles. The maximum absolute atomic E-state index is 12.4. The van der Waals surface area contributed by atoms with Gasteiger partial charge in [0.2, 0.25) is 5.91 Å². The number of hydrogen-bond acceptors (Lipinski definition) is 6. The Balaban J connectivity index is 1.41. The molecule has 3 heterocycles. The Morgan fingerprint density at radius 2 is 1.96 bits per heavy atom. The Labute approximate surface area is 149 Å². The Morgan fingerprint density at radius 3 is 2.56 bits per heavy atom. The molecule has 1 amide bonds. The Kier molecular flexibility index (Phi) is 6.09. The van der Waals surface area contributed by atoms with Crippen LogP contribution in [0.2, 0.25) is 0 Å². The van der Waals surface area contributed by atoms with Gasteiger partial charge in [0.1, 0.15) is 5.76 Å². The summed E-state index contributed by atoms with van der Waals surface area (Å²) in [5, 5.41) is 14.4. The van der Waals surface area contributed by atoms with Crippen LogP contribution in [0.15, 0.2) is 10.6 Å². The van der Waals surface area contributed by atoms with Crippen molar-refractivity contribution in [3.8, 4) is 0 Å². The first-order valence-electron chi connectivity index (χ1n) is 9.30. The molecule has 0 bridgehead atoms. The molecule has 0 spiro atoms. The van der Waals surface area contributed by atoms with Crippen LogP contribution in [0.3, 0.4) is 0 Å². The second-order valence-electron chi connectivity index (χ2n) is 7.50. The lowest BCUT2D eigenvalue weighted by Crippen LogP contribution is -2.49. The molecule has 2 aliphatic heterocycles. The van der Waals surface area contributed by atoms with Crippen molar-refractivity contribution < 1.29 is 14.4 Å². The molecular weight excluding hydrogens is 320 g/mol. The first kappa shape index (κ1) is 18.4. The van der Waals surface area contributed by atoms with E-state index in [4.69, 9.17) is 4.52 Å². The van der Waals surface area contributed by atoms with Crippen molar-refractivity contribution >= 4 is 5.91 Å². The summed E-state index contributed by atoms with van der Waals surface area (Å²) in [6.45, 7) is 8.24. The number of likely N-dealkylation sites (tertiary alicyclic amines) is 1. The highest BCUT2D eigenvalue weighted by atomic mass is 16.5. The van der Waals surface area contributed by atoms with Crippen LogP contribution in [0.5, 0.6) is 0 Å². The predicted octanol–water partition coefficient (Wildman–Crippen LogP) is 0.372. The van der Waals surface area contributed by atoms with Crippen LogP contribution in [0, 0.1) is 12.8 Å². The van der Waals surface area contributed by atoms with E-state index in [1.165, 1.54) is 0 Å². The van der Waals surface area contributed by atoms with Crippen molar-refractivity contribution in [3.63, 3.8) is 0 Å². The lowest BCUT2D eigenvalue weighted by molar-refractivity contribution is -0.132. The van der Waals surface area contributed by atoms with E-state index in [1.807, 2.05) is 17.9 Å². The Hall–Kier alpha value is -1.44. The van der Waals surface area contributed by atoms with Gasteiger partial charge in [0, 0.05) is 51.9 Å². The number of aromatic nitrogens is 1. The average Bonchev–Trinajstić information content (AvgIpc) is 3.02. The van der Waals surface area contributed by atoms with Crippen molar-refractivity contribution in [3.05, 3.63) is 17.5 Å². The molecule has 25 heavy (non-hydrogen) atoms. The molecule has 140 valence electrons. The van der Waals surface area contributed by atoms with Crippen LogP contribution in [0.25, 0.3) is 0 Å². The van der Waals surface area contributed by atoms with E-state index in [1.54, 1.807) is 0 Å². The molecule has 2 saturated heterocycles. The van der Waals surface area contributed by atoms with Gasteiger partial charge >= 0.3 is 0 Å². The maximum atomic E-state index is 12.4. The number of β-amino-alcohol motifs (C(OH)–C–C–N with tert-alkyl or cyclic N) is 1. The summed E-state index contributed by atoms with van der Waals surface area (Å²) >= 11 is 0. The SMILES string of the molecule is Cc1cc(CC(=O)N2CCC(C(O)CN3CCN(C)CC3)CC2)on1. The van der Waals surface area contributed by atoms with Crippen molar-refractivity contribution in [2.24, 2.45) is 5.92 Å². The summed E-state index contributed by atoms with van der Waals surface area (Å²) in [5.41, 5.74) is 0.800. The van der Waals surface area contributed by atoms with Gasteiger partial charge < -0.3 is 19.4 Å². The summed E-state index contributed by atoms with van der Waals surface area (Å²) in [7, 11) is 2.14. The van der Waals surface area contributed by atoms with Crippen LogP contribution in [0.4, 0.5) is 0 Å². The normalized spacial score (nSPS) is 22.3. The van der Waals surface area contributed by atoms with Gasteiger partial charge in [-0.2, -0.15) is 0 Å². The number of carbonyl (C=O) groups excluding carboxylic acids is 1. The zero-order chi connectivity index (χ0) is 17.8. The molecule has 2 fully saturated rings. The highest BCUT2D eigenvalue weighted by Crippen LogP contribution is 2.22. The summed E-state index contributed by atoms with van der Waals surface area (Å²) in [5.74, 6) is 0.999. The lowest BCUT2D eigenvalue weighted by atomic mass is 9.90. The van der Waals surface area contributed by atoms with Gasteiger partial charge in [0.05, 0.1) is 18.2 Å². The molecule has 1 atom stereocenters. The number of piperazine rings is 1. The van der Waals surface area contributed by atoms with Crippen molar-refractivity contribution in [1.82, 2.24) is 19.9 Å². The molecule has 0 radical (unpaired) electrons. The fraction of sp³-hybridized carbons (Fsp3) is 0.778. The summed E-state index contributed by atoms with van der Waals surface area (Å²) < 4.78 is 5.13. The van der Waals surface area contributed by atoms with Gasteiger partial charge in [-0.05, 0) is 32.7 Å². The molecule has 7 heteroatoms. The second kappa shape index (κ2) is 8.29. The molecule has 3 rings (SSSR count). The Morgan fingerprint density at radius 1 is 1.28 bits per heavy atom. The van der Waals surface area contributed by atoms with Crippen LogP contribution in [0.1, 0.15) is 24.3 Å². The predicted molar refractivity (Wildman–Crippen MR) is 94.2 cm³/mol. The van der Waals surface area contributed by atoms with Gasteiger partial charge in [-0.1, -0.05) is 5.16 Å². The van der Waals surface area contributed by atoms with Crippen molar-refractivity contribution in [1.29, 1.82) is 0 Å². The summed E-state index contributed by atoms with van der Waals surface area (Å²) in [6, 6.07) is 1.81. The summed E-state index contributed by atoms with van der Waals surface area (Å²) in [6.07, 6.45) is 1.72. The topological polar surface area (TPSA) is 73.1 Å². The quantitative estimate of drug-likeness (QED) is 0.827. The van der Waals surface area contributed by atoms with E-state index < -0.39 is 0 Å². The van der Waals surface area contributed by atoms with Crippen LogP contribution in [-0.4, -0.2) is 89.8 Å². The monoisotopic (exact) mass is 350 g/mol. The molecular formula is C18H30N4O3. The van der Waals surface area contributed by atoms with Gasteiger partial charge in [-0.25, -0.2) is 0 Å². The second-order valence-corrected chi connectivity index (χ2v) is 7.50. The van der Waals surface area contributed by atoms with Gasteiger partial charge in [-0.3, -0.25) is 9.69 Å². The van der Waals surface area contributed by atoms with E-state index in [2.05, 4.69) is 22.0 Å². The molecule has 2 aliphatic rings. The van der Waals surface area contributed by atoms with Crippen molar-refractivity contribution in [2.75, 3.05) is 52.9 Å². The Bertz CT molecular complexity index is 560. The highest BCUT2D eigenvalue weighted by molar-refractivity contribution is 5.78. The molecule has 1 unspecified atom stereocenters. The number of amides is 1. The number of aliphatic hydroxyl groups excluding tert-OH is 1. The van der Waals surface area contributed by atoms with Gasteiger partial charge in [-0.15, -0.1) is 0 Å². The van der Waals surface area contributed by atoms with E-state index in [0.717, 1.165) is 64.3 Å². The minimum absolute atomic E-state index is 0.0863. The van der Waals surface area contributed by atoms with Crippen LogP contribution in [-0.2, 0) is 11.2 Å². The van der Waals surface area contributed by atoms with E-state index in [9.17, 15) is 9.90 Å². The third-order valence-electron chi connectivity index (χ3n) is 5.48. The maximum Gasteiger partial charge on any atom is 0.230 e. The number of nitrogens with zero attached hydrogens (tertiary/aromatic N) is 4. The first-order chi connectivity index (χ1) is 12.0. The molecule has 0 saturated carbocycles. The van der Waals surface area contributed by atoms with Crippen LogP contribution < -0.4 is 0 Å². The number of likely N-dealkylation sites (N-methyl/N-ethyl adjacent to an activating group) is 1. The third kappa shape index (κ3) is 5.03. The number of aryl methyl sites for hydroxylation is 1. The largest absolute Gasteiger partial charge is 0.392 e. The first-order valence-corrected chi connectivity index (χ1v) is 9.30. The fourth-order valence-corrected chi connectivity index (χ4v) is 3.74. The molecule has 1 N–H and O–H groups in total. The standard InChI is InChI=1S/C18H30N4O3/c1-14-11-16(25-19-14)12-18(24)22-5-3-15(4-6-22)17(23)13-21-9-7-20(2)8-10-21/h11,15,17,23H,3-10,12-13H2,1-2H3. The third-order valence-corrected chi connectivity index (χ3v) is 5.48. The fourth-order valence-electron chi connectivity index (χ4n) is 3.74. The lowest BCUT2D eigenvalue weighted by Gasteiger charge is -2.38. The molecule has 7 nitrogen and oxygen atoms in total. The molecule has 0 aliphatic carbocycles. The van der Waals surface area contributed by atoms with Gasteiger partial charge in [0.15, 0.2) is 0 Å².